The third-order valence-corrected chi connectivity index (χ3v) is 6.26. The molecule has 32 heavy (non-hydrogen) atoms. The molecule has 0 saturated heterocycles. The maximum atomic E-state index is 13.5. The molecule has 0 radical (unpaired) electrons. The number of benzene rings is 3. The van der Waals surface area contributed by atoms with E-state index in [1.165, 1.54) is 25.9 Å². The molecule has 0 N–H and O–H groups in total. The van der Waals surface area contributed by atoms with Crippen molar-refractivity contribution in [2.24, 2.45) is 0 Å². The second-order valence-electron chi connectivity index (χ2n) is 6.91. The van der Waals surface area contributed by atoms with Gasteiger partial charge in [-0.1, -0.05) is 30.3 Å². The highest BCUT2D eigenvalue weighted by Crippen LogP contribution is 2.38. The van der Waals surface area contributed by atoms with Crippen LogP contribution in [0.1, 0.15) is 5.56 Å². The fourth-order valence-corrected chi connectivity index (χ4v) is 4.70. The molecular weight excluding hydrogens is 428 g/mol. The quantitative estimate of drug-likeness (QED) is 0.399. The number of hydrogen-bond acceptors (Lipinski definition) is 6. The predicted molar refractivity (Wildman–Crippen MR) is 124 cm³/mol. The van der Waals surface area contributed by atoms with Gasteiger partial charge in [-0.05, 0) is 42.0 Å². The molecule has 0 bridgehead atoms. The van der Waals surface area contributed by atoms with Gasteiger partial charge in [-0.2, -0.15) is 0 Å². The molecule has 0 aliphatic rings. The van der Waals surface area contributed by atoms with Crippen LogP contribution in [0, 0.1) is 0 Å². The molecule has 164 valence electrons. The molecule has 0 saturated carbocycles. The first kappa shape index (κ1) is 21.6. The molecule has 1 heterocycles. The van der Waals surface area contributed by atoms with Gasteiger partial charge in [0.05, 0.1) is 54.5 Å². The largest absolute Gasteiger partial charge is 0.493 e. The molecule has 1 atom stereocenters. The SMILES string of the molecule is COc1cc(CS(=O)c2nc3ccccc3c(=O)n2-c2ccccc2)cc(OC)c1OC. The van der Waals surface area contributed by atoms with E-state index < -0.39 is 10.8 Å². The smallest absolute Gasteiger partial charge is 0.266 e. The zero-order chi connectivity index (χ0) is 22.7. The average molecular weight is 451 g/mol. The van der Waals surface area contributed by atoms with Gasteiger partial charge in [0.1, 0.15) is 0 Å². The van der Waals surface area contributed by atoms with Crippen LogP contribution in [0.5, 0.6) is 17.2 Å². The Bertz CT molecular complexity index is 1330. The van der Waals surface area contributed by atoms with E-state index in [9.17, 15) is 9.00 Å². The van der Waals surface area contributed by atoms with Crippen molar-refractivity contribution in [3.63, 3.8) is 0 Å². The van der Waals surface area contributed by atoms with Gasteiger partial charge < -0.3 is 14.2 Å². The van der Waals surface area contributed by atoms with Crippen molar-refractivity contribution in [2.75, 3.05) is 21.3 Å². The minimum atomic E-state index is -1.64. The van der Waals surface area contributed by atoms with Crippen molar-refractivity contribution in [3.8, 4) is 22.9 Å². The Morgan fingerprint density at radius 3 is 2.12 bits per heavy atom. The number of ether oxygens (including phenoxy) is 3. The maximum Gasteiger partial charge on any atom is 0.266 e. The summed E-state index contributed by atoms with van der Waals surface area (Å²) in [6.45, 7) is 0. The van der Waals surface area contributed by atoms with Gasteiger partial charge in [-0.3, -0.25) is 13.6 Å². The molecule has 1 aromatic heterocycles. The molecule has 0 fully saturated rings. The van der Waals surface area contributed by atoms with Gasteiger partial charge >= 0.3 is 0 Å². The number of para-hydroxylation sites is 2. The van der Waals surface area contributed by atoms with Crippen LogP contribution in [0.3, 0.4) is 0 Å². The highest BCUT2D eigenvalue weighted by atomic mass is 32.2. The molecule has 0 spiro atoms. The number of fused-ring (bicyclic) bond motifs is 1. The van der Waals surface area contributed by atoms with Crippen molar-refractivity contribution in [2.45, 2.75) is 10.9 Å². The summed E-state index contributed by atoms with van der Waals surface area (Å²) in [6, 6.07) is 19.6. The maximum absolute atomic E-state index is 13.5. The van der Waals surface area contributed by atoms with Gasteiger partial charge in [0.2, 0.25) is 10.9 Å². The van der Waals surface area contributed by atoms with Crippen LogP contribution in [0.15, 0.2) is 76.7 Å². The topological polar surface area (TPSA) is 79.7 Å². The normalized spacial score (nSPS) is 11.8. The first-order valence-corrected chi connectivity index (χ1v) is 11.1. The number of nitrogens with zero attached hydrogens (tertiary/aromatic N) is 2. The van der Waals surface area contributed by atoms with E-state index in [4.69, 9.17) is 14.2 Å². The molecule has 0 aliphatic carbocycles. The fourth-order valence-electron chi connectivity index (χ4n) is 3.50. The predicted octanol–water partition coefficient (Wildman–Crippen LogP) is 3.72. The lowest BCUT2D eigenvalue weighted by molar-refractivity contribution is 0.324. The Kier molecular flexibility index (Phi) is 6.23. The minimum Gasteiger partial charge on any atom is -0.493 e. The third-order valence-electron chi connectivity index (χ3n) is 4.99. The molecule has 4 rings (SSSR count). The van der Waals surface area contributed by atoms with Crippen LogP contribution in [0.25, 0.3) is 16.6 Å². The van der Waals surface area contributed by atoms with Gasteiger partial charge in [0, 0.05) is 0 Å². The van der Waals surface area contributed by atoms with E-state index in [2.05, 4.69) is 4.98 Å². The number of hydrogen-bond donors (Lipinski definition) is 0. The van der Waals surface area contributed by atoms with Crippen LogP contribution in [0.4, 0.5) is 0 Å². The monoisotopic (exact) mass is 450 g/mol. The molecule has 0 amide bonds. The van der Waals surface area contributed by atoms with Crippen LogP contribution in [0.2, 0.25) is 0 Å². The Morgan fingerprint density at radius 1 is 0.875 bits per heavy atom. The van der Waals surface area contributed by atoms with Crippen LogP contribution in [-0.2, 0) is 16.6 Å². The van der Waals surface area contributed by atoms with Crippen molar-refractivity contribution < 1.29 is 18.4 Å². The summed E-state index contributed by atoms with van der Waals surface area (Å²) >= 11 is 0. The zero-order valence-corrected chi connectivity index (χ0v) is 18.7. The zero-order valence-electron chi connectivity index (χ0n) is 17.9. The summed E-state index contributed by atoms with van der Waals surface area (Å²) in [6.07, 6.45) is 0. The summed E-state index contributed by atoms with van der Waals surface area (Å²) in [5.41, 5.74) is 1.52. The highest BCUT2D eigenvalue weighted by Gasteiger charge is 2.20. The first-order valence-electron chi connectivity index (χ1n) is 9.82. The molecule has 7 nitrogen and oxygen atoms in total. The molecule has 0 aliphatic heterocycles. The highest BCUT2D eigenvalue weighted by molar-refractivity contribution is 7.84. The van der Waals surface area contributed by atoms with Crippen molar-refractivity contribution in [1.82, 2.24) is 9.55 Å². The Morgan fingerprint density at radius 2 is 1.50 bits per heavy atom. The van der Waals surface area contributed by atoms with Crippen LogP contribution in [-0.4, -0.2) is 35.1 Å². The lowest BCUT2D eigenvalue weighted by atomic mass is 10.2. The fraction of sp³-hybridized carbons (Fsp3) is 0.167. The van der Waals surface area contributed by atoms with E-state index in [1.54, 1.807) is 48.5 Å². The van der Waals surface area contributed by atoms with Gasteiger partial charge in [0.15, 0.2) is 11.5 Å². The molecule has 8 heteroatoms. The number of methoxy groups -OCH3 is 3. The summed E-state index contributed by atoms with van der Waals surface area (Å²) in [7, 11) is 2.93. The van der Waals surface area contributed by atoms with Crippen molar-refractivity contribution in [3.05, 3.63) is 82.6 Å². The Labute approximate surface area is 187 Å². The number of aromatic nitrogens is 2. The van der Waals surface area contributed by atoms with E-state index in [-0.39, 0.29) is 16.5 Å². The van der Waals surface area contributed by atoms with Crippen LogP contribution < -0.4 is 19.8 Å². The van der Waals surface area contributed by atoms with E-state index in [0.29, 0.717) is 39.4 Å². The lowest BCUT2D eigenvalue weighted by Gasteiger charge is -2.15. The second-order valence-corrected chi connectivity index (χ2v) is 8.26. The van der Waals surface area contributed by atoms with Gasteiger partial charge in [0.25, 0.3) is 5.56 Å². The minimum absolute atomic E-state index is 0.105. The van der Waals surface area contributed by atoms with Crippen LogP contribution >= 0.6 is 0 Å². The summed E-state index contributed by atoms with van der Waals surface area (Å²) in [4.78, 5) is 17.9. The summed E-state index contributed by atoms with van der Waals surface area (Å²) in [5.74, 6) is 1.49. The van der Waals surface area contributed by atoms with E-state index in [1.807, 2.05) is 18.2 Å². The Balaban J connectivity index is 1.85. The second kappa shape index (κ2) is 9.23. The van der Waals surface area contributed by atoms with E-state index >= 15 is 0 Å². The van der Waals surface area contributed by atoms with Gasteiger partial charge in [-0.25, -0.2) is 4.98 Å². The van der Waals surface area contributed by atoms with Gasteiger partial charge in [-0.15, -0.1) is 0 Å². The van der Waals surface area contributed by atoms with Crippen molar-refractivity contribution in [1.29, 1.82) is 0 Å². The molecule has 3 aromatic carbocycles. The van der Waals surface area contributed by atoms with E-state index in [0.717, 1.165) is 0 Å². The molecule has 4 aromatic rings. The lowest BCUT2D eigenvalue weighted by Crippen LogP contribution is -2.24. The summed E-state index contributed by atoms with van der Waals surface area (Å²) < 4.78 is 31.1. The average Bonchev–Trinajstić information content (AvgIpc) is 2.83. The Hall–Kier alpha value is -3.65. The molecular formula is C24H22N2O5S. The van der Waals surface area contributed by atoms with Crippen molar-refractivity contribution >= 4 is 21.7 Å². The standard InChI is InChI=1S/C24H22N2O5S/c1-29-20-13-16(14-21(30-2)22(20)31-3)15-32(28)24-25-19-12-8-7-11-18(19)23(27)26(24)17-9-5-4-6-10-17/h4-14H,15H2,1-3H3. The molecule has 1 unspecified atom stereocenters. The summed E-state index contributed by atoms with van der Waals surface area (Å²) in [5, 5.41) is 0.638. The third kappa shape index (κ3) is 3.97. The first-order chi connectivity index (χ1) is 15.6. The number of rotatable bonds is 7.